The first-order valence-corrected chi connectivity index (χ1v) is 8.06. The van der Waals surface area contributed by atoms with E-state index >= 15 is 0 Å². The predicted molar refractivity (Wildman–Crippen MR) is 86.3 cm³/mol. The number of Topliss-reactive ketones (excluding diaryl/α,β-unsaturated/α-hetero) is 1. The number of hydrogen-bond donors (Lipinski definition) is 0. The van der Waals surface area contributed by atoms with Crippen LogP contribution >= 0.6 is 11.3 Å². The van der Waals surface area contributed by atoms with Gasteiger partial charge in [-0.3, -0.25) is 4.79 Å². The number of carboxylic acids is 1. The van der Waals surface area contributed by atoms with Gasteiger partial charge < -0.3 is 14.6 Å². The predicted octanol–water partition coefficient (Wildman–Crippen LogP) is 2.51. The average Bonchev–Trinajstić information content (AvgIpc) is 2.86. The van der Waals surface area contributed by atoms with E-state index in [4.69, 9.17) is 4.74 Å². The van der Waals surface area contributed by atoms with E-state index in [2.05, 4.69) is 18.8 Å². The second-order valence-electron chi connectivity index (χ2n) is 5.61. The summed E-state index contributed by atoms with van der Waals surface area (Å²) < 4.78 is 5.50. The van der Waals surface area contributed by atoms with Crippen LogP contribution in [0, 0.1) is 13.8 Å². The lowest BCUT2D eigenvalue weighted by atomic mass is 9.98. The molecule has 0 aliphatic heterocycles. The molecule has 0 aliphatic rings. The molecule has 0 saturated carbocycles. The zero-order chi connectivity index (χ0) is 17.1. The molecule has 1 aromatic heterocycles. The van der Waals surface area contributed by atoms with Crippen molar-refractivity contribution < 1.29 is 19.4 Å². The summed E-state index contributed by atoms with van der Waals surface area (Å²) in [6.07, 6.45) is 0. The third kappa shape index (κ3) is 3.96. The number of nitrogens with zero attached hydrogens (tertiary/aromatic N) is 1. The Balaban J connectivity index is 2.06. The van der Waals surface area contributed by atoms with E-state index in [-0.39, 0.29) is 28.0 Å². The normalized spacial score (nSPS) is 10.8. The highest BCUT2D eigenvalue weighted by molar-refractivity contribution is 7.15. The van der Waals surface area contributed by atoms with E-state index in [1.807, 2.05) is 25.1 Å². The fourth-order valence-corrected chi connectivity index (χ4v) is 3.13. The summed E-state index contributed by atoms with van der Waals surface area (Å²) in [5.74, 6) is -0.642. The van der Waals surface area contributed by atoms with E-state index in [9.17, 15) is 14.7 Å². The van der Waals surface area contributed by atoms with Crippen LogP contribution in [0.2, 0.25) is 0 Å². The number of aromatic nitrogens is 1. The highest BCUT2D eigenvalue weighted by atomic mass is 32.1. The van der Waals surface area contributed by atoms with E-state index in [0.717, 1.165) is 16.9 Å². The minimum Gasteiger partial charge on any atom is -0.544 e. The number of rotatable bonds is 6. The van der Waals surface area contributed by atoms with Crippen molar-refractivity contribution in [2.45, 2.75) is 33.6 Å². The van der Waals surface area contributed by atoms with Gasteiger partial charge in [-0.05, 0) is 43.0 Å². The van der Waals surface area contributed by atoms with Crippen molar-refractivity contribution in [1.29, 1.82) is 0 Å². The molecule has 2 rings (SSSR count). The van der Waals surface area contributed by atoms with Crippen LogP contribution in [0.1, 0.15) is 56.1 Å². The molecule has 122 valence electrons. The Hall–Kier alpha value is -2.21. The molecule has 0 N–H and O–H groups in total. The number of aromatic carboxylic acids is 1. The van der Waals surface area contributed by atoms with Gasteiger partial charge in [-0.25, -0.2) is 4.98 Å². The number of hydrogen-bond acceptors (Lipinski definition) is 6. The summed E-state index contributed by atoms with van der Waals surface area (Å²) in [4.78, 5) is 26.9. The lowest BCUT2D eigenvalue weighted by Crippen LogP contribution is -2.21. The Morgan fingerprint density at radius 3 is 2.52 bits per heavy atom. The van der Waals surface area contributed by atoms with E-state index in [1.165, 1.54) is 12.5 Å². The third-order valence-corrected chi connectivity index (χ3v) is 4.63. The second-order valence-corrected chi connectivity index (χ2v) is 6.61. The van der Waals surface area contributed by atoms with Gasteiger partial charge in [0.25, 0.3) is 0 Å². The lowest BCUT2D eigenvalue weighted by molar-refractivity contribution is -0.254. The van der Waals surface area contributed by atoms with Crippen LogP contribution in [0.25, 0.3) is 0 Å². The first-order valence-electron chi connectivity index (χ1n) is 7.25. The van der Waals surface area contributed by atoms with Crippen molar-refractivity contribution >= 4 is 23.1 Å². The van der Waals surface area contributed by atoms with Gasteiger partial charge in [-0.2, -0.15) is 0 Å². The van der Waals surface area contributed by atoms with Crippen LogP contribution in [0.5, 0.6) is 5.75 Å². The molecule has 6 heteroatoms. The molecule has 0 saturated heterocycles. The summed E-state index contributed by atoms with van der Waals surface area (Å²) in [6.45, 7) is 7.59. The lowest BCUT2D eigenvalue weighted by Gasteiger charge is -2.11. The number of benzene rings is 1. The number of thiazole rings is 1. The van der Waals surface area contributed by atoms with Crippen molar-refractivity contribution in [3.8, 4) is 5.75 Å². The van der Waals surface area contributed by atoms with Gasteiger partial charge in [0, 0.05) is 0 Å². The van der Waals surface area contributed by atoms with Crippen molar-refractivity contribution in [2.75, 3.05) is 6.61 Å². The van der Waals surface area contributed by atoms with E-state index in [0.29, 0.717) is 11.7 Å². The molecule has 0 aliphatic carbocycles. The molecule has 0 radical (unpaired) electrons. The monoisotopic (exact) mass is 332 g/mol. The van der Waals surface area contributed by atoms with Gasteiger partial charge in [-0.1, -0.05) is 19.9 Å². The molecule has 0 amide bonds. The van der Waals surface area contributed by atoms with Crippen LogP contribution in [0.3, 0.4) is 0 Å². The molecule has 0 atom stereocenters. The Bertz CT molecular complexity index is 749. The summed E-state index contributed by atoms with van der Waals surface area (Å²) in [5, 5.41) is 11.0. The third-order valence-electron chi connectivity index (χ3n) is 3.45. The maximum Gasteiger partial charge on any atom is 0.228 e. The molecule has 0 bridgehead atoms. The van der Waals surface area contributed by atoms with Gasteiger partial charge in [-0.15, -0.1) is 11.3 Å². The van der Waals surface area contributed by atoms with Crippen LogP contribution in [-0.4, -0.2) is 23.3 Å². The number of ether oxygens (including phenoxy) is 1. The van der Waals surface area contributed by atoms with Crippen molar-refractivity contribution in [1.82, 2.24) is 4.98 Å². The first kappa shape index (κ1) is 17.1. The summed E-state index contributed by atoms with van der Waals surface area (Å²) >= 11 is 0.818. The molecule has 5 nitrogen and oxygen atoms in total. The highest BCUT2D eigenvalue weighted by Gasteiger charge is 2.16. The zero-order valence-corrected chi connectivity index (χ0v) is 14.3. The standard InChI is InChI=1S/C17H19NO4S/c1-9(2)13-6-5-12(7-10(13)3)22-8-14(19)16-18-11(4)15(23-16)17(20)21/h5-7,9H,8H2,1-4H3,(H,20,21)/p-1. The Morgan fingerprint density at radius 2 is 2.00 bits per heavy atom. The fourth-order valence-electron chi connectivity index (χ4n) is 2.30. The fraction of sp³-hybridized carbons (Fsp3) is 0.353. The van der Waals surface area contributed by atoms with E-state index in [1.54, 1.807) is 0 Å². The molecule has 0 fully saturated rings. The SMILES string of the molecule is Cc1cc(OCC(=O)c2nc(C)c(C(=O)[O-])s2)ccc1C(C)C. The van der Waals surface area contributed by atoms with Crippen LogP contribution in [-0.2, 0) is 0 Å². The minimum absolute atomic E-state index is 0.0227. The van der Waals surface area contributed by atoms with Crippen LogP contribution in [0.4, 0.5) is 0 Å². The Labute approximate surface area is 138 Å². The van der Waals surface area contributed by atoms with Crippen molar-refractivity contribution in [2.24, 2.45) is 0 Å². The molecule has 1 aromatic carbocycles. The number of carboxylic acid groups (broad SMARTS) is 1. The van der Waals surface area contributed by atoms with Gasteiger partial charge in [0.05, 0.1) is 16.5 Å². The van der Waals surface area contributed by atoms with Gasteiger partial charge in [0.15, 0.2) is 11.6 Å². The minimum atomic E-state index is -1.32. The molecular formula is C17H18NO4S-. The highest BCUT2D eigenvalue weighted by Crippen LogP contribution is 2.24. The average molecular weight is 332 g/mol. The molecule has 0 unspecified atom stereocenters. The molecular weight excluding hydrogens is 314 g/mol. The van der Waals surface area contributed by atoms with Gasteiger partial charge in [0.1, 0.15) is 5.75 Å². The number of ketones is 1. The zero-order valence-electron chi connectivity index (χ0n) is 13.5. The summed E-state index contributed by atoms with van der Waals surface area (Å²) in [5.41, 5.74) is 2.63. The van der Waals surface area contributed by atoms with E-state index < -0.39 is 5.97 Å². The van der Waals surface area contributed by atoms with Crippen LogP contribution < -0.4 is 9.84 Å². The topological polar surface area (TPSA) is 79.3 Å². The number of carbonyl (C=O) groups excluding carboxylic acids is 2. The summed E-state index contributed by atoms with van der Waals surface area (Å²) in [7, 11) is 0. The van der Waals surface area contributed by atoms with Crippen molar-refractivity contribution in [3.63, 3.8) is 0 Å². The molecule has 1 heterocycles. The number of carbonyl (C=O) groups is 2. The first-order chi connectivity index (χ1) is 10.8. The number of aryl methyl sites for hydroxylation is 2. The van der Waals surface area contributed by atoms with Gasteiger partial charge >= 0.3 is 0 Å². The van der Waals surface area contributed by atoms with Crippen molar-refractivity contribution in [3.05, 3.63) is 44.9 Å². The smallest absolute Gasteiger partial charge is 0.228 e. The Kier molecular flexibility index (Phi) is 5.15. The largest absolute Gasteiger partial charge is 0.544 e. The Morgan fingerprint density at radius 1 is 1.30 bits per heavy atom. The molecule has 2 aromatic rings. The summed E-state index contributed by atoms with van der Waals surface area (Å²) in [6, 6.07) is 5.71. The quantitative estimate of drug-likeness (QED) is 0.759. The molecule has 0 spiro atoms. The second kappa shape index (κ2) is 6.91. The maximum absolute atomic E-state index is 12.1. The van der Waals surface area contributed by atoms with Gasteiger partial charge in [0.2, 0.25) is 5.78 Å². The maximum atomic E-state index is 12.1. The molecule has 23 heavy (non-hydrogen) atoms. The van der Waals surface area contributed by atoms with Crippen LogP contribution in [0.15, 0.2) is 18.2 Å².